The van der Waals surface area contributed by atoms with Gasteiger partial charge in [-0.15, -0.1) is 0 Å². The zero-order chi connectivity index (χ0) is 14.2. The lowest BCUT2D eigenvalue weighted by molar-refractivity contribution is -0.142. The number of hydrogen-bond acceptors (Lipinski definition) is 3. The zero-order valence-corrected chi connectivity index (χ0v) is 11.9. The molecule has 4 bridgehead atoms. The average Bonchev–Trinajstić information content (AvgIpc) is 2.36. The highest BCUT2D eigenvalue weighted by Gasteiger charge is 2.51. The van der Waals surface area contributed by atoms with Gasteiger partial charge in [-0.1, -0.05) is 0 Å². The lowest BCUT2D eigenvalue weighted by atomic mass is 9.53. The largest absolute Gasteiger partial charge is 0.396 e. The normalized spacial score (nSPS) is 37.8. The number of hydrogen-bond donors (Lipinski definition) is 3. The zero-order valence-electron chi connectivity index (χ0n) is 11.9. The van der Waals surface area contributed by atoms with Crippen LogP contribution in [0, 0.1) is 17.8 Å². The van der Waals surface area contributed by atoms with E-state index in [9.17, 15) is 9.59 Å². The lowest BCUT2D eigenvalue weighted by Crippen LogP contribution is -2.61. The summed E-state index contributed by atoms with van der Waals surface area (Å²) in [6.45, 7) is 0.376. The van der Waals surface area contributed by atoms with E-state index in [2.05, 4.69) is 10.6 Å². The van der Waals surface area contributed by atoms with Crippen molar-refractivity contribution >= 4 is 11.8 Å². The summed E-state index contributed by atoms with van der Waals surface area (Å²) in [5.41, 5.74) is -0.111. The molecule has 0 radical (unpaired) electrons. The van der Waals surface area contributed by atoms with Crippen LogP contribution in [0.15, 0.2) is 0 Å². The molecule has 2 amide bonds. The third-order valence-electron chi connectivity index (χ3n) is 5.24. The predicted octanol–water partition coefficient (Wildman–Crippen LogP) is 0.570. The monoisotopic (exact) mass is 280 g/mol. The summed E-state index contributed by atoms with van der Waals surface area (Å²) >= 11 is 0. The second kappa shape index (κ2) is 5.35. The van der Waals surface area contributed by atoms with E-state index in [0.29, 0.717) is 13.0 Å². The molecular weight excluding hydrogens is 256 g/mol. The maximum absolute atomic E-state index is 12.0. The van der Waals surface area contributed by atoms with Crippen LogP contribution in [-0.2, 0) is 9.59 Å². The van der Waals surface area contributed by atoms with E-state index in [-0.39, 0.29) is 12.1 Å². The molecule has 0 spiro atoms. The smallest absolute Gasteiger partial charge is 0.309 e. The van der Waals surface area contributed by atoms with Gasteiger partial charge in [-0.25, -0.2) is 0 Å². The molecule has 0 aliphatic heterocycles. The molecule has 0 aromatic rings. The van der Waals surface area contributed by atoms with Crippen LogP contribution >= 0.6 is 0 Å². The van der Waals surface area contributed by atoms with Crippen LogP contribution in [0.25, 0.3) is 0 Å². The SMILES string of the molecule is O=C(NCCCO)C(=O)NC12CC3CC(CC(C3)C1)C2. The maximum atomic E-state index is 12.0. The number of aliphatic hydroxyl groups excluding tert-OH is 1. The number of rotatable bonds is 4. The molecule has 0 saturated heterocycles. The summed E-state index contributed by atoms with van der Waals surface area (Å²) in [5, 5.41) is 14.3. The van der Waals surface area contributed by atoms with E-state index < -0.39 is 11.8 Å². The van der Waals surface area contributed by atoms with Crippen molar-refractivity contribution in [1.82, 2.24) is 10.6 Å². The summed E-state index contributed by atoms with van der Waals surface area (Å²) in [6.07, 6.45) is 7.59. The highest BCUT2D eigenvalue weighted by Crippen LogP contribution is 2.55. The van der Waals surface area contributed by atoms with Gasteiger partial charge in [-0.2, -0.15) is 0 Å². The van der Waals surface area contributed by atoms with Crippen molar-refractivity contribution < 1.29 is 14.7 Å². The van der Waals surface area contributed by atoms with Gasteiger partial charge in [0.2, 0.25) is 0 Å². The van der Waals surface area contributed by atoms with Crippen molar-refractivity contribution in [3.8, 4) is 0 Å². The number of carbonyl (C=O) groups excluding carboxylic acids is 2. The fourth-order valence-electron chi connectivity index (χ4n) is 4.92. The van der Waals surface area contributed by atoms with Crippen LogP contribution in [0.2, 0.25) is 0 Å². The van der Waals surface area contributed by atoms with Crippen LogP contribution in [0.3, 0.4) is 0 Å². The molecule has 0 aromatic carbocycles. The van der Waals surface area contributed by atoms with Crippen molar-refractivity contribution in [2.24, 2.45) is 17.8 Å². The van der Waals surface area contributed by atoms with Crippen LogP contribution in [-0.4, -0.2) is 35.6 Å². The van der Waals surface area contributed by atoms with Gasteiger partial charge in [0.25, 0.3) is 0 Å². The number of nitrogens with one attached hydrogen (secondary N) is 2. The van der Waals surface area contributed by atoms with E-state index in [4.69, 9.17) is 5.11 Å². The Balaban J connectivity index is 1.57. The standard InChI is InChI=1S/C15H24N2O3/c18-3-1-2-16-13(19)14(20)17-15-7-10-4-11(8-15)6-12(5-10)9-15/h10-12,18H,1-9H2,(H,16,19)(H,17,20). The molecule has 4 aliphatic rings. The van der Waals surface area contributed by atoms with Crippen molar-refractivity contribution in [2.75, 3.05) is 13.2 Å². The first-order valence-corrected chi connectivity index (χ1v) is 7.81. The van der Waals surface area contributed by atoms with E-state index in [1.807, 2.05) is 0 Å². The summed E-state index contributed by atoms with van der Waals surface area (Å²) in [5.74, 6) is 1.19. The topological polar surface area (TPSA) is 78.4 Å². The minimum absolute atomic E-state index is 0.0247. The number of aliphatic hydroxyl groups is 1. The van der Waals surface area contributed by atoms with Crippen molar-refractivity contribution in [1.29, 1.82) is 0 Å². The predicted molar refractivity (Wildman–Crippen MR) is 73.8 cm³/mol. The molecule has 3 N–H and O–H groups in total. The molecule has 4 fully saturated rings. The van der Waals surface area contributed by atoms with Crippen molar-refractivity contribution in [2.45, 2.75) is 50.5 Å². The van der Waals surface area contributed by atoms with Gasteiger partial charge in [0.05, 0.1) is 0 Å². The van der Waals surface area contributed by atoms with E-state index >= 15 is 0 Å². The van der Waals surface area contributed by atoms with Crippen molar-refractivity contribution in [3.05, 3.63) is 0 Å². The van der Waals surface area contributed by atoms with Gasteiger partial charge in [-0.3, -0.25) is 9.59 Å². The van der Waals surface area contributed by atoms with Crippen molar-refractivity contribution in [3.63, 3.8) is 0 Å². The Kier molecular flexibility index (Phi) is 3.71. The first kappa shape index (κ1) is 13.9. The third-order valence-corrected chi connectivity index (χ3v) is 5.24. The molecule has 0 heterocycles. The minimum Gasteiger partial charge on any atom is -0.396 e. The highest BCUT2D eigenvalue weighted by molar-refractivity contribution is 6.35. The Morgan fingerprint density at radius 3 is 2.05 bits per heavy atom. The molecule has 112 valence electrons. The van der Waals surface area contributed by atoms with E-state index in [1.165, 1.54) is 19.3 Å². The van der Waals surface area contributed by atoms with E-state index in [0.717, 1.165) is 37.0 Å². The van der Waals surface area contributed by atoms with Gasteiger partial charge < -0.3 is 15.7 Å². The van der Waals surface area contributed by atoms with Gasteiger partial charge >= 0.3 is 11.8 Å². The molecular formula is C15H24N2O3. The third kappa shape index (κ3) is 2.68. The Morgan fingerprint density at radius 2 is 1.55 bits per heavy atom. The molecule has 5 nitrogen and oxygen atoms in total. The van der Waals surface area contributed by atoms with Gasteiger partial charge in [0, 0.05) is 18.7 Å². The molecule has 0 aromatic heterocycles. The summed E-state index contributed by atoms with van der Waals surface area (Å²) < 4.78 is 0. The second-order valence-corrected chi connectivity index (χ2v) is 6.99. The van der Waals surface area contributed by atoms with Gasteiger partial charge in [0.15, 0.2) is 0 Å². The minimum atomic E-state index is -0.561. The van der Waals surface area contributed by atoms with Crippen LogP contribution < -0.4 is 10.6 Å². The van der Waals surface area contributed by atoms with Crippen LogP contribution in [0.5, 0.6) is 0 Å². The maximum Gasteiger partial charge on any atom is 0.309 e. The molecule has 20 heavy (non-hydrogen) atoms. The fraction of sp³-hybridized carbons (Fsp3) is 0.867. The van der Waals surface area contributed by atoms with Gasteiger partial charge in [0.1, 0.15) is 0 Å². The van der Waals surface area contributed by atoms with E-state index in [1.54, 1.807) is 0 Å². The second-order valence-electron chi connectivity index (χ2n) is 6.99. The quantitative estimate of drug-likeness (QED) is 0.520. The first-order chi connectivity index (χ1) is 9.60. The Bertz CT molecular complexity index is 373. The molecule has 4 rings (SSSR count). The Labute approximate surface area is 119 Å². The summed E-state index contributed by atoms with van der Waals surface area (Å²) in [7, 11) is 0. The highest BCUT2D eigenvalue weighted by atomic mass is 16.3. The molecule has 0 unspecified atom stereocenters. The molecule has 4 saturated carbocycles. The average molecular weight is 280 g/mol. The lowest BCUT2D eigenvalue weighted by Gasteiger charge is -2.56. The van der Waals surface area contributed by atoms with Crippen LogP contribution in [0.4, 0.5) is 0 Å². The Morgan fingerprint density at radius 1 is 1.00 bits per heavy atom. The summed E-state index contributed by atoms with van der Waals surface area (Å²) in [4.78, 5) is 23.8. The fourth-order valence-corrected chi connectivity index (χ4v) is 4.92. The molecule has 0 atom stereocenters. The Hall–Kier alpha value is -1.10. The first-order valence-electron chi connectivity index (χ1n) is 7.81. The van der Waals surface area contributed by atoms with Gasteiger partial charge in [-0.05, 0) is 62.7 Å². The number of carbonyl (C=O) groups is 2. The molecule has 4 aliphatic carbocycles. The molecule has 5 heteroatoms. The number of amides is 2. The van der Waals surface area contributed by atoms with Crippen LogP contribution in [0.1, 0.15) is 44.9 Å². The summed E-state index contributed by atoms with van der Waals surface area (Å²) in [6, 6.07) is 0.